The first-order valence-corrected chi connectivity index (χ1v) is 9.17. The van der Waals surface area contributed by atoms with Gasteiger partial charge in [-0.05, 0) is 67.2 Å². The number of nitrogens with one attached hydrogen (secondary N) is 1. The van der Waals surface area contributed by atoms with Gasteiger partial charge in [-0.15, -0.1) is 0 Å². The number of benzene rings is 2. The fourth-order valence-electron chi connectivity index (χ4n) is 3.29. The molecule has 5 heteroatoms. The predicted octanol–water partition coefficient (Wildman–Crippen LogP) is 5.34. The summed E-state index contributed by atoms with van der Waals surface area (Å²) in [6.45, 7) is 1.98. The largest absolute Gasteiger partial charge is 0.490 e. The molecular formula is C20H18Cl2N2O. The highest BCUT2D eigenvalue weighted by Crippen LogP contribution is 2.39. The van der Waals surface area contributed by atoms with Crippen LogP contribution < -0.4 is 10.1 Å². The summed E-state index contributed by atoms with van der Waals surface area (Å²) in [4.78, 5) is 4.23. The summed E-state index contributed by atoms with van der Waals surface area (Å²) >= 11 is 12.4. The molecule has 128 valence electrons. The van der Waals surface area contributed by atoms with Crippen LogP contribution in [0, 0.1) is 0 Å². The van der Waals surface area contributed by atoms with Crippen molar-refractivity contribution in [2.75, 3.05) is 13.1 Å². The van der Waals surface area contributed by atoms with Crippen molar-refractivity contribution in [3.63, 3.8) is 0 Å². The van der Waals surface area contributed by atoms with Crippen molar-refractivity contribution in [3.8, 4) is 16.9 Å². The second-order valence-electron chi connectivity index (χ2n) is 6.23. The van der Waals surface area contributed by atoms with E-state index in [1.54, 1.807) is 6.20 Å². The number of pyridine rings is 1. The number of hydrogen-bond acceptors (Lipinski definition) is 3. The van der Waals surface area contributed by atoms with Crippen molar-refractivity contribution in [2.24, 2.45) is 0 Å². The molecule has 1 N–H and O–H groups in total. The molecule has 0 aliphatic carbocycles. The number of fused-ring (bicyclic) bond motifs is 1. The molecule has 25 heavy (non-hydrogen) atoms. The van der Waals surface area contributed by atoms with Gasteiger partial charge in [-0.25, -0.2) is 0 Å². The number of aromatic nitrogens is 1. The molecule has 0 radical (unpaired) electrons. The van der Waals surface area contributed by atoms with Crippen molar-refractivity contribution in [3.05, 3.63) is 58.8 Å². The number of piperidine rings is 1. The predicted molar refractivity (Wildman–Crippen MR) is 104 cm³/mol. The van der Waals surface area contributed by atoms with Crippen LogP contribution in [0.25, 0.3) is 21.9 Å². The van der Waals surface area contributed by atoms with Crippen molar-refractivity contribution in [1.29, 1.82) is 0 Å². The number of rotatable bonds is 3. The number of hydrogen-bond donors (Lipinski definition) is 1. The van der Waals surface area contributed by atoms with Crippen molar-refractivity contribution in [2.45, 2.75) is 18.9 Å². The number of halogens is 2. The van der Waals surface area contributed by atoms with Gasteiger partial charge in [0.2, 0.25) is 0 Å². The van der Waals surface area contributed by atoms with Crippen LogP contribution in [0.1, 0.15) is 12.8 Å². The van der Waals surface area contributed by atoms with Crippen LogP contribution in [-0.2, 0) is 0 Å². The third-order valence-corrected chi connectivity index (χ3v) is 5.31. The Bertz CT molecular complexity index is 907. The Morgan fingerprint density at radius 3 is 2.64 bits per heavy atom. The molecular weight excluding hydrogens is 355 g/mol. The monoisotopic (exact) mass is 372 g/mol. The van der Waals surface area contributed by atoms with Crippen LogP contribution >= 0.6 is 23.2 Å². The molecule has 0 saturated carbocycles. The molecule has 1 aromatic heterocycles. The third kappa shape index (κ3) is 3.45. The smallest absolute Gasteiger partial charge is 0.128 e. The first-order valence-electron chi connectivity index (χ1n) is 8.42. The van der Waals surface area contributed by atoms with Gasteiger partial charge >= 0.3 is 0 Å². The molecule has 2 aromatic carbocycles. The minimum absolute atomic E-state index is 0.224. The van der Waals surface area contributed by atoms with E-state index in [0.717, 1.165) is 53.6 Å². The first-order chi connectivity index (χ1) is 12.2. The van der Waals surface area contributed by atoms with E-state index in [1.165, 1.54) is 0 Å². The zero-order chi connectivity index (χ0) is 17.2. The maximum absolute atomic E-state index is 6.38. The molecule has 0 unspecified atom stereocenters. The normalized spacial score (nSPS) is 15.4. The minimum atomic E-state index is 0.224. The zero-order valence-electron chi connectivity index (χ0n) is 13.6. The van der Waals surface area contributed by atoms with Crippen molar-refractivity contribution in [1.82, 2.24) is 10.3 Å². The summed E-state index contributed by atoms with van der Waals surface area (Å²) in [5.41, 5.74) is 2.03. The Kier molecular flexibility index (Phi) is 4.80. The Balaban J connectivity index is 1.85. The van der Waals surface area contributed by atoms with E-state index in [0.29, 0.717) is 10.0 Å². The molecule has 0 atom stereocenters. The quantitative estimate of drug-likeness (QED) is 0.673. The lowest BCUT2D eigenvalue weighted by molar-refractivity contribution is 0.163. The molecule has 4 rings (SSSR count). The van der Waals surface area contributed by atoms with Gasteiger partial charge in [-0.2, -0.15) is 0 Å². The van der Waals surface area contributed by atoms with Gasteiger partial charge in [-0.3, -0.25) is 4.98 Å². The summed E-state index contributed by atoms with van der Waals surface area (Å²) in [6.07, 6.45) is 5.91. The van der Waals surface area contributed by atoms with Gasteiger partial charge < -0.3 is 10.1 Å². The molecule has 2 heterocycles. The van der Waals surface area contributed by atoms with Crippen LogP contribution in [0.2, 0.25) is 10.0 Å². The lowest BCUT2D eigenvalue weighted by atomic mass is 9.98. The highest BCUT2D eigenvalue weighted by molar-refractivity contribution is 6.42. The second kappa shape index (κ2) is 7.20. The molecule has 0 spiro atoms. The highest BCUT2D eigenvalue weighted by Gasteiger charge is 2.19. The Morgan fingerprint density at radius 1 is 1.00 bits per heavy atom. The molecule has 3 nitrogen and oxygen atoms in total. The average Bonchev–Trinajstić information content (AvgIpc) is 2.65. The minimum Gasteiger partial charge on any atom is -0.490 e. The van der Waals surface area contributed by atoms with Gasteiger partial charge in [0.15, 0.2) is 0 Å². The summed E-state index contributed by atoms with van der Waals surface area (Å²) in [5, 5.41) is 6.63. The van der Waals surface area contributed by atoms with Gasteiger partial charge in [0.1, 0.15) is 11.9 Å². The van der Waals surface area contributed by atoms with Gasteiger partial charge in [0, 0.05) is 23.3 Å². The Hall–Kier alpha value is -1.81. The van der Waals surface area contributed by atoms with E-state index in [2.05, 4.69) is 16.4 Å². The molecule has 0 bridgehead atoms. The van der Waals surface area contributed by atoms with E-state index in [1.807, 2.05) is 36.5 Å². The van der Waals surface area contributed by atoms with E-state index >= 15 is 0 Å². The maximum atomic E-state index is 6.38. The summed E-state index contributed by atoms with van der Waals surface area (Å²) in [5.74, 6) is 0.879. The molecule has 1 aliphatic heterocycles. The zero-order valence-corrected chi connectivity index (χ0v) is 15.1. The summed E-state index contributed by atoms with van der Waals surface area (Å²) in [6, 6.07) is 11.8. The standard InChI is InChI=1S/C20H18Cl2N2O/c21-17-3-1-13(11-18(17)22)20-16-7-10-24-12-14(16)2-4-19(20)25-15-5-8-23-9-6-15/h1-4,7,10-12,15,23H,5-6,8-9H2. The first kappa shape index (κ1) is 16.6. The second-order valence-corrected chi connectivity index (χ2v) is 7.05. The lowest BCUT2D eigenvalue weighted by Crippen LogP contribution is -2.34. The van der Waals surface area contributed by atoms with Crippen LogP contribution in [0.4, 0.5) is 0 Å². The van der Waals surface area contributed by atoms with E-state index < -0.39 is 0 Å². The van der Waals surface area contributed by atoms with Gasteiger partial charge in [0.25, 0.3) is 0 Å². The van der Waals surface area contributed by atoms with E-state index in [-0.39, 0.29) is 6.10 Å². The Labute approximate surface area is 156 Å². The highest BCUT2D eigenvalue weighted by atomic mass is 35.5. The SMILES string of the molecule is Clc1ccc(-c2c(OC3CCNCC3)ccc3cnccc23)cc1Cl. The fourth-order valence-corrected chi connectivity index (χ4v) is 3.59. The topological polar surface area (TPSA) is 34.1 Å². The molecule has 1 fully saturated rings. The number of ether oxygens (including phenoxy) is 1. The molecule has 0 amide bonds. The van der Waals surface area contributed by atoms with Crippen LogP contribution in [-0.4, -0.2) is 24.2 Å². The maximum Gasteiger partial charge on any atom is 0.128 e. The van der Waals surface area contributed by atoms with Gasteiger partial charge in [0.05, 0.1) is 10.0 Å². The van der Waals surface area contributed by atoms with Crippen LogP contribution in [0.15, 0.2) is 48.8 Å². The average molecular weight is 373 g/mol. The van der Waals surface area contributed by atoms with Gasteiger partial charge in [-0.1, -0.05) is 29.3 Å². The van der Waals surface area contributed by atoms with Crippen molar-refractivity contribution < 1.29 is 4.74 Å². The Morgan fingerprint density at radius 2 is 1.84 bits per heavy atom. The van der Waals surface area contributed by atoms with Crippen molar-refractivity contribution >= 4 is 34.0 Å². The van der Waals surface area contributed by atoms with E-state index in [4.69, 9.17) is 27.9 Å². The third-order valence-electron chi connectivity index (χ3n) is 4.57. The molecule has 3 aromatic rings. The lowest BCUT2D eigenvalue weighted by Gasteiger charge is -2.25. The fraction of sp³-hybridized carbons (Fsp3) is 0.250. The van der Waals surface area contributed by atoms with E-state index in [9.17, 15) is 0 Å². The van der Waals surface area contributed by atoms with Crippen LogP contribution in [0.5, 0.6) is 5.75 Å². The summed E-state index contributed by atoms with van der Waals surface area (Å²) < 4.78 is 6.38. The van der Waals surface area contributed by atoms with Crippen LogP contribution in [0.3, 0.4) is 0 Å². The summed E-state index contributed by atoms with van der Waals surface area (Å²) in [7, 11) is 0. The molecule has 1 saturated heterocycles. The number of nitrogens with zero attached hydrogens (tertiary/aromatic N) is 1. The molecule has 1 aliphatic rings.